The number of nitrogens with zero attached hydrogens (tertiary/aromatic N) is 1. The first-order chi connectivity index (χ1) is 8.96. The predicted molar refractivity (Wildman–Crippen MR) is 77.0 cm³/mol. The minimum atomic E-state index is -3.41. The molecule has 1 atom stereocenters. The molecule has 1 unspecified atom stereocenters. The van der Waals surface area contributed by atoms with Gasteiger partial charge in [0.1, 0.15) is 0 Å². The van der Waals surface area contributed by atoms with Crippen LogP contribution in [0.5, 0.6) is 0 Å². The smallest absolute Gasteiger partial charge is 0.244 e. The first-order valence-corrected chi connectivity index (χ1v) is 8.92. The maximum Gasteiger partial charge on any atom is 0.244 e. The van der Waals surface area contributed by atoms with Gasteiger partial charge >= 0.3 is 0 Å². The molecule has 0 radical (unpaired) electrons. The summed E-state index contributed by atoms with van der Waals surface area (Å²) in [4.78, 5) is 2.32. The Hall–Kier alpha value is -0.430. The molecule has 1 aliphatic rings. The van der Waals surface area contributed by atoms with Crippen molar-refractivity contribution in [2.45, 2.75) is 50.5 Å². The third-order valence-corrected chi connectivity index (χ3v) is 6.79. The molecule has 0 bridgehead atoms. The summed E-state index contributed by atoms with van der Waals surface area (Å²) in [7, 11) is -3.41. The molecule has 1 aliphatic heterocycles. The van der Waals surface area contributed by atoms with E-state index in [1.807, 2.05) is 13.8 Å². The van der Waals surface area contributed by atoms with Crippen molar-refractivity contribution in [3.05, 3.63) is 15.8 Å². The fraction of sp³-hybridized carbons (Fsp3) is 0.692. The van der Waals surface area contributed by atoms with Crippen LogP contribution in [0.25, 0.3) is 0 Å². The Bertz CT molecular complexity index is 534. The Morgan fingerprint density at radius 2 is 2.16 bits per heavy atom. The van der Waals surface area contributed by atoms with Crippen molar-refractivity contribution >= 4 is 21.4 Å². The molecule has 0 spiro atoms. The molecule has 1 aromatic heterocycles. The Balaban J connectivity index is 2.34. The molecule has 1 aromatic rings. The highest BCUT2D eigenvalue weighted by Crippen LogP contribution is 2.32. The zero-order valence-corrected chi connectivity index (χ0v) is 13.1. The van der Waals surface area contributed by atoms with Gasteiger partial charge in [-0.05, 0) is 39.2 Å². The third kappa shape index (κ3) is 3.02. The molecular formula is C13H21NO3S2. The molecule has 6 heteroatoms. The molecular weight excluding hydrogens is 282 g/mol. The number of aliphatic hydroxyl groups excluding tert-OH is 1. The first-order valence-electron chi connectivity index (χ1n) is 6.66. The molecule has 1 saturated heterocycles. The van der Waals surface area contributed by atoms with Gasteiger partial charge in [-0.15, -0.1) is 11.3 Å². The lowest BCUT2D eigenvalue weighted by Crippen LogP contribution is -2.44. The van der Waals surface area contributed by atoms with Gasteiger partial charge in [-0.3, -0.25) is 0 Å². The lowest BCUT2D eigenvalue weighted by Gasteiger charge is -2.34. The summed E-state index contributed by atoms with van der Waals surface area (Å²) in [6.45, 7) is 4.40. The molecule has 0 saturated carbocycles. The fourth-order valence-corrected chi connectivity index (χ4v) is 5.97. The molecule has 0 amide bonds. The summed E-state index contributed by atoms with van der Waals surface area (Å²) < 4.78 is 27.1. The minimum absolute atomic E-state index is 0.0400. The van der Waals surface area contributed by atoms with Crippen LogP contribution < -0.4 is 0 Å². The molecule has 1 fully saturated rings. The zero-order valence-electron chi connectivity index (χ0n) is 11.4. The van der Waals surface area contributed by atoms with Crippen molar-refractivity contribution in [2.75, 3.05) is 13.2 Å². The number of aryl methyl sites for hydroxylation is 2. The first kappa shape index (κ1) is 15.0. The number of sulfonamides is 1. The standard InChI is InChI=1S/C13H21NO3S2/c1-10-9-13(11(2)18-10)19(16,17)14-7-4-3-5-12(14)6-8-15/h9,12,15H,3-8H2,1-2H3. The van der Waals surface area contributed by atoms with Crippen LogP contribution in [0.15, 0.2) is 11.0 Å². The van der Waals surface area contributed by atoms with Crippen LogP contribution in [-0.2, 0) is 10.0 Å². The molecule has 1 N–H and O–H groups in total. The van der Waals surface area contributed by atoms with E-state index in [0.29, 0.717) is 17.9 Å². The highest BCUT2D eigenvalue weighted by atomic mass is 32.2. The van der Waals surface area contributed by atoms with Crippen molar-refractivity contribution in [3.63, 3.8) is 0 Å². The Kier molecular flexibility index (Phi) is 4.66. The number of aliphatic hydroxyl groups is 1. The number of thiophene rings is 1. The van der Waals surface area contributed by atoms with Crippen LogP contribution in [0.3, 0.4) is 0 Å². The minimum Gasteiger partial charge on any atom is -0.396 e. The second-order valence-corrected chi connectivity index (χ2v) is 8.37. The summed E-state index contributed by atoms with van der Waals surface area (Å²) in [5, 5.41) is 9.11. The molecule has 2 heterocycles. The number of rotatable bonds is 4. The van der Waals surface area contributed by atoms with Crippen LogP contribution in [0.2, 0.25) is 0 Å². The molecule has 4 nitrogen and oxygen atoms in total. The van der Waals surface area contributed by atoms with Crippen LogP contribution in [-0.4, -0.2) is 37.0 Å². The van der Waals surface area contributed by atoms with Gasteiger partial charge in [0.15, 0.2) is 0 Å². The number of hydrogen-bond donors (Lipinski definition) is 1. The van der Waals surface area contributed by atoms with Crippen LogP contribution >= 0.6 is 11.3 Å². The van der Waals surface area contributed by atoms with Crippen molar-refractivity contribution < 1.29 is 13.5 Å². The van der Waals surface area contributed by atoms with Crippen molar-refractivity contribution in [1.29, 1.82) is 0 Å². The number of hydrogen-bond acceptors (Lipinski definition) is 4. The van der Waals surface area contributed by atoms with E-state index in [0.717, 1.165) is 29.0 Å². The Labute approximate surface area is 119 Å². The van der Waals surface area contributed by atoms with E-state index in [9.17, 15) is 8.42 Å². The zero-order chi connectivity index (χ0) is 14.0. The van der Waals surface area contributed by atoms with Gasteiger partial charge in [0.25, 0.3) is 0 Å². The van der Waals surface area contributed by atoms with Crippen LogP contribution in [0.4, 0.5) is 0 Å². The van der Waals surface area contributed by atoms with E-state index in [1.165, 1.54) is 11.3 Å². The summed E-state index contributed by atoms with van der Waals surface area (Å²) in [6.07, 6.45) is 3.32. The third-order valence-electron chi connectivity index (χ3n) is 3.62. The van der Waals surface area contributed by atoms with E-state index in [1.54, 1.807) is 10.4 Å². The number of piperidine rings is 1. The fourth-order valence-electron chi connectivity index (χ4n) is 2.72. The summed E-state index contributed by atoms with van der Waals surface area (Å²) in [6, 6.07) is 1.71. The van der Waals surface area contributed by atoms with Crippen molar-refractivity contribution in [2.24, 2.45) is 0 Å². The highest BCUT2D eigenvalue weighted by molar-refractivity contribution is 7.89. The van der Waals surface area contributed by atoms with Crippen LogP contribution in [0.1, 0.15) is 35.4 Å². The van der Waals surface area contributed by atoms with Gasteiger partial charge in [0.2, 0.25) is 10.0 Å². The summed E-state index contributed by atoms with van der Waals surface area (Å²) >= 11 is 1.52. The average Bonchev–Trinajstić information content (AvgIpc) is 2.70. The molecule has 108 valence electrons. The Morgan fingerprint density at radius 1 is 1.42 bits per heavy atom. The highest BCUT2D eigenvalue weighted by Gasteiger charge is 2.34. The van der Waals surface area contributed by atoms with Gasteiger partial charge in [-0.2, -0.15) is 4.31 Å². The van der Waals surface area contributed by atoms with Gasteiger partial charge < -0.3 is 5.11 Å². The molecule has 2 rings (SSSR count). The largest absolute Gasteiger partial charge is 0.396 e. The lowest BCUT2D eigenvalue weighted by molar-refractivity contribution is 0.192. The monoisotopic (exact) mass is 303 g/mol. The summed E-state index contributed by atoms with van der Waals surface area (Å²) in [5.41, 5.74) is 0. The molecule has 0 aliphatic carbocycles. The van der Waals surface area contributed by atoms with Crippen LogP contribution in [0, 0.1) is 13.8 Å². The predicted octanol–water partition coefficient (Wildman–Crippen LogP) is 2.29. The van der Waals surface area contributed by atoms with Gasteiger partial charge in [0, 0.05) is 28.9 Å². The Morgan fingerprint density at radius 3 is 2.74 bits per heavy atom. The molecule has 0 aromatic carbocycles. The average molecular weight is 303 g/mol. The van der Waals surface area contributed by atoms with Crippen molar-refractivity contribution in [3.8, 4) is 0 Å². The maximum absolute atomic E-state index is 12.8. The lowest BCUT2D eigenvalue weighted by atomic mass is 10.0. The molecule has 19 heavy (non-hydrogen) atoms. The maximum atomic E-state index is 12.8. The second kappa shape index (κ2) is 5.91. The van der Waals surface area contributed by atoms with E-state index in [-0.39, 0.29) is 12.6 Å². The van der Waals surface area contributed by atoms with E-state index < -0.39 is 10.0 Å². The van der Waals surface area contributed by atoms with E-state index in [4.69, 9.17) is 5.11 Å². The quantitative estimate of drug-likeness (QED) is 0.928. The topological polar surface area (TPSA) is 57.6 Å². The van der Waals surface area contributed by atoms with Crippen molar-refractivity contribution in [1.82, 2.24) is 4.31 Å². The van der Waals surface area contributed by atoms with Gasteiger partial charge in [-0.25, -0.2) is 8.42 Å². The second-order valence-electron chi connectivity index (χ2n) is 5.06. The SMILES string of the molecule is Cc1cc(S(=O)(=O)N2CCCCC2CCO)c(C)s1. The van der Waals surface area contributed by atoms with E-state index in [2.05, 4.69) is 0 Å². The van der Waals surface area contributed by atoms with Gasteiger partial charge in [0.05, 0.1) is 4.90 Å². The van der Waals surface area contributed by atoms with E-state index >= 15 is 0 Å². The normalized spacial score (nSPS) is 21.7. The summed E-state index contributed by atoms with van der Waals surface area (Å²) in [5.74, 6) is 0. The van der Waals surface area contributed by atoms with Gasteiger partial charge in [-0.1, -0.05) is 6.42 Å².